The van der Waals surface area contributed by atoms with E-state index in [1.165, 1.54) is 0 Å². The molecule has 2 rings (SSSR count). The number of carbonyl (C=O) groups excluding carboxylic acids is 1. The molecular weight excluding hydrogens is 224 g/mol. The Morgan fingerprint density at radius 1 is 1.28 bits per heavy atom. The van der Waals surface area contributed by atoms with Gasteiger partial charge in [-0.15, -0.1) is 0 Å². The van der Waals surface area contributed by atoms with Crippen molar-refractivity contribution < 1.29 is 4.79 Å². The van der Waals surface area contributed by atoms with Gasteiger partial charge in [0.15, 0.2) is 0 Å². The molecule has 0 saturated heterocycles. The van der Waals surface area contributed by atoms with E-state index in [1.54, 1.807) is 0 Å². The third-order valence-electron chi connectivity index (χ3n) is 4.12. The zero-order valence-corrected chi connectivity index (χ0v) is 10.8. The van der Waals surface area contributed by atoms with Crippen LogP contribution in [0.5, 0.6) is 0 Å². The SMILES string of the molecule is [C-]#[N+]C1([N+]#[C-])CC(C)=CCC2(C)C(=O)CCC=C12. The lowest BCUT2D eigenvalue weighted by molar-refractivity contribution is -0.126. The fraction of sp³-hybridized carbons (Fsp3) is 0.533. The van der Waals surface area contributed by atoms with Crippen molar-refractivity contribution in [3.05, 3.63) is 46.1 Å². The number of fused-ring (bicyclic) bond motifs is 1. The molecular formula is C15H16N2O. The second kappa shape index (κ2) is 4.10. The Kier molecular flexibility index (Phi) is 2.87. The molecule has 3 heteroatoms. The minimum absolute atomic E-state index is 0.169. The van der Waals surface area contributed by atoms with E-state index in [4.69, 9.17) is 13.1 Å². The van der Waals surface area contributed by atoms with Gasteiger partial charge < -0.3 is 0 Å². The summed E-state index contributed by atoms with van der Waals surface area (Å²) in [4.78, 5) is 19.5. The zero-order chi connectivity index (χ0) is 13.4. The molecule has 92 valence electrons. The van der Waals surface area contributed by atoms with Crippen molar-refractivity contribution >= 4 is 5.78 Å². The molecule has 2 aliphatic rings. The van der Waals surface area contributed by atoms with E-state index in [9.17, 15) is 4.79 Å². The first-order chi connectivity index (χ1) is 8.48. The van der Waals surface area contributed by atoms with Crippen LogP contribution >= 0.6 is 0 Å². The van der Waals surface area contributed by atoms with Crippen molar-refractivity contribution in [2.45, 2.75) is 45.2 Å². The van der Waals surface area contributed by atoms with Crippen LogP contribution in [0.25, 0.3) is 9.69 Å². The highest BCUT2D eigenvalue weighted by atomic mass is 16.1. The minimum Gasteiger partial charge on any atom is -0.299 e. The zero-order valence-electron chi connectivity index (χ0n) is 10.8. The van der Waals surface area contributed by atoms with Crippen LogP contribution in [0.2, 0.25) is 0 Å². The molecule has 0 radical (unpaired) electrons. The number of hydrogen-bond donors (Lipinski definition) is 0. The largest absolute Gasteiger partial charge is 0.510 e. The first-order valence-electron chi connectivity index (χ1n) is 6.16. The monoisotopic (exact) mass is 240 g/mol. The third kappa shape index (κ3) is 1.59. The number of hydrogen-bond acceptors (Lipinski definition) is 1. The van der Waals surface area contributed by atoms with Crippen LogP contribution in [0.1, 0.15) is 39.5 Å². The predicted molar refractivity (Wildman–Crippen MR) is 69.4 cm³/mol. The first kappa shape index (κ1) is 12.6. The lowest BCUT2D eigenvalue weighted by atomic mass is 9.67. The molecule has 0 amide bonds. The Hall–Kier alpha value is -1.87. The Labute approximate surface area is 108 Å². The molecule has 1 unspecified atom stereocenters. The number of Topliss-reactive ketones (excluding diaryl/α,β-unsaturated/α-hetero) is 1. The molecule has 0 N–H and O–H groups in total. The van der Waals surface area contributed by atoms with Crippen LogP contribution in [0, 0.1) is 18.6 Å². The highest BCUT2D eigenvalue weighted by molar-refractivity contribution is 5.90. The van der Waals surface area contributed by atoms with Gasteiger partial charge in [0.1, 0.15) is 17.8 Å². The standard InChI is InChI=1S/C15H16N2O/c1-11-8-9-14(2)12(6-5-7-13(14)18)15(10-11,16-3)17-4/h6,8H,5,7,9-10H2,1-2H3. The third-order valence-corrected chi connectivity index (χ3v) is 4.12. The topological polar surface area (TPSA) is 25.8 Å². The average Bonchev–Trinajstić information content (AvgIpc) is 2.48. The highest BCUT2D eigenvalue weighted by Gasteiger charge is 2.59. The molecule has 0 bridgehead atoms. The fourth-order valence-corrected chi connectivity index (χ4v) is 2.99. The maximum atomic E-state index is 12.3. The summed E-state index contributed by atoms with van der Waals surface area (Å²) < 4.78 is 0. The molecule has 0 fully saturated rings. The van der Waals surface area contributed by atoms with E-state index in [1.807, 2.05) is 26.0 Å². The van der Waals surface area contributed by atoms with E-state index < -0.39 is 11.1 Å². The van der Waals surface area contributed by atoms with E-state index >= 15 is 0 Å². The quantitative estimate of drug-likeness (QED) is 0.469. The summed E-state index contributed by atoms with van der Waals surface area (Å²) in [6.07, 6.45) is 6.22. The molecule has 1 atom stereocenters. The smallest absolute Gasteiger partial charge is 0.299 e. The highest BCUT2D eigenvalue weighted by Crippen LogP contribution is 2.50. The van der Waals surface area contributed by atoms with Crippen molar-refractivity contribution in [1.29, 1.82) is 0 Å². The summed E-state index contributed by atoms with van der Waals surface area (Å²) in [5, 5.41) is 0. The van der Waals surface area contributed by atoms with Gasteiger partial charge in [0.2, 0.25) is 0 Å². The fourth-order valence-electron chi connectivity index (χ4n) is 2.99. The van der Waals surface area contributed by atoms with Crippen LogP contribution < -0.4 is 0 Å². The lowest BCUT2D eigenvalue weighted by Crippen LogP contribution is -2.40. The molecule has 3 nitrogen and oxygen atoms in total. The molecule has 0 spiro atoms. The van der Waals surface area contributed by atoms with Crippen molar-refractivity contribution in [2.75, 3.05) is 0 Å². The van der Waals surface area contributed by atoms with E-state index in [2.05, 4.69) is 9.69 Å². The van der Waals surface area contributed by atoms with Crippen molar-refractivity contribution in [3.8, 4) is 0 Å². The summed E-state index contributed by atoms with van der Waals surface area (Å²) in [5.41, 5.74) is -0.0665. The van der Waals surface area contributed by atoms with E-state index in [-0.39, 0.29) is 5.78 Å². The van der Waals surface area contributed by atoms with Gasteiger partial charge in [-0.2, -0.15) is 0 Å². The maximum absolute atomic E-state index is 12.3. The Balaban J connectivity index is 2.67. The number of allylic oxidation sites excluding steroid dienone is 2. The van der Waals surface area contributed by atoms with Gasteiger partial charge >= 0.3 is 5.66 Å². The Bertz CT molecular complexity index is 528. The summed E-state index contributed by atoms with van der Waals surface area (Å²) >= 11 is 0. The van der Waals surface area contributed by atoms with Gasteiger partial charge in [0.05, 0.1) is 5.41 Å². The van der Waals surface area contributed by atoms with E-state index in [0.717, 1.165) is 11.1 Å². The van der Waals surface area contributed by atoms with Crippen molar-refractivity contribution in [1.82, 2.24) is 0 Å². The first-order valence-corrected chi connectivity index (χ1v) is 6.16. The molecule has 0 aliphatic heterocycles. The minimum atomic E-state index is -1.19. The van der Waals surface area contributed by atoms with Crippen LogP contribution in [0.15, 0.2) is 23.3 Å². The number of nitrogens with zero attached hydrogens (tertiary/aromatic N) is 2. The molecule has 2 aliphatic carbocycles. The normalized spacial score (nSPS) is 30.1. The molecule has 0 aromatic rings. The predicted octanol–water partition coefficient (Wildman–Crippen LogP) is 3.56. The van der Waals surface area contributed by atoms with Crippen LogP contribution in [-0.2, 0) is 4.79 Å². The number of ketones is 1. The molecule has 18 heavy (non-hydrogen) atoms. The second-order valence-electron chi connectivity index (χ2n) is 5.38. The van der Waals surface area contributed by atoms with Gasteiger partial charge in [0.25, 0.3) is 0 Å². The van der Waals surface area contributed by atoms with Crippen LogP contribution in [-0.4, -0.2) is 11.4 Å². The average molecular weight is 240 g/mol. The van der Waals surface area contributed by atoms with E-state index in [0.29, 0.717) is 25.7 Å². The second-order valence-corrected chi connectivity index (χ2v) is 5.38. The summed E-state index contributed by atoms with van der Waals surface area (Å²) in [6, 6.07) is 0. The van der Waals surface area contributed by atoms with Crippen LogP contribution in [0.3, 0.4) is 0 Å². The van der Waals surface area contributed by atoms with Crippen molar-refractivity contribution in [2.24, 2.45) is 5.41 Å². The number of rotatable bonds is 0. The molecule has 0 saturated carbocycles. The number of carbonyl (C=O) groups is 1. The molecule has 0 aromatic carbocycles. The van der Waals surface area contributed by atoms with Gasteiger partial charge in [-0.1, -0.05) is 17.7 Å². The van der Waals surface area contributed by atoms with Gasteiger partial charge in [-0.25, -0.2) is 22.8 Å². The summed E-state index contributed by atoms with van der Waals surface area (Å²) in [6.45, 7) is 18.7. The molecule has 0 aromatic heterocycles. The van der Waals surface area contributed by atoms with Crippen molar-refractivity contribution in [3.63, 3.8) is 0 Å². The van der Waals surface area contributed by atoms with Gasteiger partial charge in [-0.3, -0.25) is 4.79 Å². The van der Waals surface area contributed by atoms with Gasteiger partial charge in [-0.05, 0) is 26.7 Å². The Morgan fingerprint density at radius 2 is 1.94 bits per heavy atom. The van der Waals surface area contributed by atoms with Gasteiger partial charge in [0, 0.05) is 6.42 Å². The Morgan fingerprint density at radius 3 is 2.56 bits per heavy atom. The summed E-state index contributed by atoms with van der Waals surface area (Å²) in [5.74, 6) is 0.169. The lowest BCUT2D eigenvalue weighted by Gasteiger charge is -2.31. The maximum Gasteiger partial charge on any atom is 0.510 e. The van der Waals surface area contributed by atoms with Crippen LogP contribution in [0.4, 0.5) is 0 Å². The summed E-state index contributed by atoms with van der Waals surface area (Å²) in [7, 11) is 0. The molecule has 0 heterocycles.